The van der Waals surface area contributed by atoms with E-state index in [0.29, 0.717) is 0 Å². The number of rotatable bonds is 6. The van der Waals surface area contributed by atoms with Crippen LogP contribution in [0.4, 0.5) is 11.4 Å². The minimum atomic E-state index is 0.790. The Hall–Kier alpha value is -1.74. The molecule has 1 rings (SSSR count). The first-order valence-corrected chi connectivity index (χ1v) is 6.58. The molecule has 1 aromatic carbocycles. The molecule has 0 amide bonds. The summed E-state index contributed by atoms with van der Waals surface area (Å²) in [5.74, 6) is 0. The zero-order chi connectivity index (χ0) is 13.2. The molecule has 0 fully saturated rings. The Morgan fingerprint density at radius 2 is 1.89 bits per heavy atom. The van der Waals surface area contributed by atoms with Crippen molar-refractivity contribution in [3.8, 4) is 0 Å². The lowest BCUT2D eigenvalue weighted by atomic mass is 10.2. The number of hydrogen-bond donors (Lipinski definition) is 0. The average Bonchev–Trinajstić information content (AvgIpc) is 2.42. The van der Waals surface area contributed by atoms with E-state index in [2.05, 4.69) is 39.2 Å². The zero-order valence-electron chi connectivity index (χ0n) is 10.1. The molecule has 3 heteroatoms. The summed E-state index contributed by atoms with van der Waals surface area (Å²) in [7, 11) is 0. The SMILES string of the molecule is C=C\C=C/C=C\C=N/c1ccc(CBr)cc1N=C. The molecule has 0 saturated heterocycles. The first-order chi connectivity index (χ1) is 8.81. The van der Waals surface area contributed by atoms with E-state index in [-0.39, 0.29) is 0 Å². The summed E-state index contributed by atoms with van der Waals surface area (Å²) in [6, 6.07) is 5.91. The number of alkyl halides is 1. The van der Waals surface area contributed by atoms with Gasteiger partial charge in [0.2, 0.25) is 0 Å². The monoisotopic (exact) mass is 302 g/mol. The third kappa shape index (κ3) is 4.63. The lowest BCUT2D eigenvalue weighted by Crippen LogP contribution is -1.77. The number of halogens is 1. The standard InChI is InChI=1S/C15H15BrN2/c1-3-4-5-6-7-10-18-14-9-8-13(12-16)11-15(14)17-2/h3-11H,1-2,12H2/b5-4-,7-6-,18-10-. The van der Waals surface area contributed by atoms with Crippen molar-refractivity contribution in [3.63, 3.8) is 0 Å². The molecule has 92 valence electrons. The molecule has 0 aromatic heterocycles. The van der Waals surface area contributed by atoms with Crippen LogP contribution in [0, 0.1) is 0 Å². The molecule has 2 nitrogen and oxygen atoms in total. The van der Waals surface area contributed by atoms with Crippen molar-refractivity contribution in [2.24, 2.45) is 9.98 Å². The second-order valence-electron chi connectivity index (χ2n) is 3.40. The molecule has 0 heterocycles. The van der Waals surface area contributed by atoms with Gasteiger partial charge < -0.3 is 0 Å². The van der Waals surface area contributed by atoms with Crippen LogP contribution in [0.15, 0.2) is 65.1 Å². The predicted molar refractivity (Wildman–Crippen MR) is 84.9 cm³/mol. The molecule has 0 saturated carbocycles. The third-order valence-electron chi connectivity index (χ3n) is 2.13. The van der Waals surface area contributed by atoms with E-state index in [9.17, 15) is 0 Å². The fourth-order valence-corrected chi connectivity index (χ4v) is 1.62. The van der Waals surface area contributed by atoms with E-state index in [1.807, 2.05) is 42.5 Å². The van der Waals surface area contributed by atoms with Gasteiger partial charge in [-0.25, -0.2) is 0 Å². The van der Waals surface area contributed by atoms with E-state index >= 15 is 0 Å². The highest BCUT2D eigenvalue weighted by Gasteiger charge is 1.99. The molecular weight excluding hydrogens is 288 g/mol. The molecule has 0 aliphatic heterocycles. The van der Waals surface area contributed by atoms with Crippen molar-refractivity contribution in [3.05, 3.63) is 60.7 Å². The number of allylic oxidation sites excluding steroid dienone is 5. The van der Waals surface area contributed by atoms with Gasteiger partial charge in [-0.3, -0.25) is 9.98 Å². The summed E-state index contributed by atoms with van der Waals surface area (Å²) < 4.78 is 0. The Bertz CT molecular complexity index is 499. The Kier molecular flexibility index (Phi) is 6.66. The fraction of sp³-hybridized carbons (Fsp3) is 0.0667. The molecular formula is C15H15BrN2. The van der Waals surface area contributed by atoms with E-state index in [1.165, 1.54) is 0 Å². The van der Waals surface area contributed by atoms with Crippen molar-refractivity contribution in [1.82, 2.24) is 0 Å². The van der Waals surface area contributed by atoms with Crippen molar-refractivity contribution in [2.45, 2.75) is 5.33 Å². The van der Waals surface area contributed by atoms with Crippen molar-refractivity contribution < 1.29 is 0 Å². The van der Waals surface area contributed by atoms with E-state index in [0.717, 1.165) is 22.3 Å². The van der Waals surface area contributed by atoms with Gasteiger partial charge in [0, 0.05) is 11.5 Å². The van der Waals surface area contributed by atoms with Gasteiger partial charge in [-0.1, -0.05) is 52.9 Å². The zero-order valence-corrected chi connectivity index (χ0v) is 11.7. The Balaban J connectivity index is 2.80. The fourth-order valence-electron chi connectivity index (χ4n) is 1.27. The van der Waals surface area contributed by atoms with E-state index in [4.69, 9.17) is 0 Å². The Morgan fingerprint density at radius 1 is 1.11 bits per heavy atom. The first kappa shape index (κ1) is 14.3. The number of benzene rings is 1. The maximum Gasteiger partial charge on any atom is 0.0886 e. The lowest BCUT2D eigenvalue weighted by Gasteiger charge is -2.01. The van der Waals surface area contributed by atoms with Gasteiger partial charge >= 0.3 is 0 Å². The average molecular weight is 303 g/mol. The molecule has 0 aliphatic rings. The second-order valence-corrected chi connectivity index (χ2v) is 3.96. The summed E-state index contributed by atoms with van der Waals surface area (Å²) in [5, 5.41) is 0.797. The smallest absolute Gasteiger partial charge is 0.0886 e. The van der Waals surface area contributed by atoms with Gasteiger partial charge in [-0.2, -0.15) is 0 Å². The summed E-state index contributed by atoms with van der Waals surface area (Å²) in [4.78, 5) is 8.30. The van der Waals surface area contributed by atoms with Crippen LogP contribution in [0.2, 0.25) is 0 Å². The molecule has 0 atom stereocenters. The Labute approximate surface area is 116 Å². The third-order valence-corrected chi connectivity index (χ3v) is 2.78. The van der Waals surface area contributed by atoms with Crippen LogP contribution in [-0.4, -0.2) is 12.9 Å². The molecule has 18 heavy (non-hydrogen) atoms. The van der Waals surface area contributed by atoms with Crippen LogP contribution in [0.25, 0.3) is 0 Å². The predicted octanol–water partition coefficient (Wildman–Crippen LogP) is 4.91. The van der Waals surface area contributed by atoms with E-state index in [1.54, 1.807) is 12.3 Å². The van der Waals surface area contributed by atoms with Gasteiger partial charge in [0.1, 0.15) is 0 Å². The molecule has 0 radical (unpaired) electrons. The molecule has 0 N–H and O–H groups in total. The van der Waals surface area contributed by atoms with Crippen molar-refractivity contribution in [1.29, 1.82) is 0 Å². The van der Waals surface area contributed by atoms with Gasteiger partial charge in [-0.15, -0.1) is 0 Å². The summed E-state index contributed by atoms with van der Waals surface area (Å²) in [6.45, 7) is 7.14. The normalized spacial score (nSPS) is 11.6. The minimum absolute atomic E-state index is 0.790. The highest BCUT2D eigenvalue weighted by molar-refractivity contribution is 9.08. The molecule has 0 bridgehead atoms. The van der Waals surface area contributed by atoms with Crippen LogP contribution in [0.5, 0.6) is 0 Å². The Morgan fingerprint density at radius 3 is 2.56 bits per heavy atom. The van der Waals surface area contributed by atoms with Gasteiger partial charge in [0.15, 0.2) is 0 Å². The van der Waals surface area contributed by atoms with Gasteiger partial charge in [-0.05, 0) is 30.5 Å². The minimum Gasteiger partial charge on any atom is -0.262 e. The van der Waals surface area contributed by atoms with Gasteiger partial charge in [0.25, 0.3) is 0 Å². The van der Waals surface area contributed by atoms with Crippen LogP contribution in [0.3, 0.4) is 0 Å². The maximum absolute atomic E-state index is 4.33. The van der Waals surface area contributed by atoms with Crippen LogP contribution in [0.1, 0.15) is 5.56 Å². The number of nitrogens with zero attached hydrogens (tertiary/aromatic N) is 2. The summed E-state index contributed by atoms with van der Waals surface area (Å²) in [5.41, 5.74) is 2.76. The number of aliphatic imine (C=N–C) groups is 2. The molecule has 0 spiro atoms. The second kappa shape index (κ2) is 8.37. The maximum atomic E-state index is 4.33. The quantitative estimate of drug-likeness (QED) is 0.405. The van der Waals surface area contributed by atoms with E-state index < -0.39 is 0 Å². The van der Waals surface area contributed by atoms with Crippen LogP contribution in [-0.2, 0) is 5.33 Å². The van der Waals surface area contributed by atoms with Crippen LogP contribution < -0.4 is 0 Å². The van der Waals surface area contributed by atoms with Gasteiger partial charge in [0.05, 0.1) is 11.4 Å². The molecule has 0 unspecified atom stereocenters. The van der Waals surface area contributed by atoms with Crippen LogP contribution >= 0.6 is 15.9 Å². The summed E-state index contributed by atoms with van der Waals surface area (Å²) in [6.07, 6.45) is 10.9. The summed E-state index contributed by atoms with van der Waals surface area (Å²) >= 11 is 3.41. The topological polar surface area (TPSA) is 24.7 Å². The van der Waals surface area contributed by atoms with Crippen molar-refractivity contribution in [2.75, 3.05) is 0 Å². The largest absolute Gasteiger partial charge is 0.262 e. The van der Waals surface area contributed by atoms with Crippen molar-refractivity contribution >= 4 is 40.2 Å². The molecule has 1 aromatic rings. The molecule has 0 aliphatic carbocycles. The highest BCUT2D eigenvalue weighted by Crippen LogP contribution is 2.28. The lowest BCUT2D eigenvalue weighted by molar-refractivity contribution is 1.38. The first-order valence-electron chi connectivity index (χ1n) is 5.46. The highest BCUT2D eigenvalue weighted by atomic mass is 79.9. The number of hydrogen-bond acceptors (Lipinski definition) is 2.